The number of rotatable bonds is 7. The first-order chi connectivity index (χ1) is 15.4. The number of benzene rings is 2. The van der Waals surface area contributed by atoms with Crippen molar-refractivity contribution >= 4 is 40.2 Å². The lowest BCUT2D eigenvalue weighted by Crippen LogP contribution is -2.31. The van der Waals surface area contributed by atoms with Crippen molar-refractivity contribution in [3.8, 4) is 0 Å². The van der Waals surface area contributed by atoms with Gasteiger partial charge in [-0.15, -0.1) is 0 Å². The molecule has 1 atom stereocenters. The van der Waals surface area contributed by atoms with Crippen LogP contribution in [0.15, 0.2) is 52.4 Å². The molecule has 1 aliphatic heterocycles. The summed E-state index contributed by atoms with van der Waals surface area (Å²) in [5.74, 6) is 0.469. The third kappa shape index (κ3) is 5.34. The zero-order chi connectivity index (χ0) is 22.7. The van der Waals surface area contributed by atoms with Crippen LogP contribution in [0.4, 0.5) is 0 Å². The maximum absolute atomic E-state index is 13.4. The Balaban J connectivity index is 1.71. The van der Waals surface area contributed by atoms with Gasteiger partial charge in [0.15, 0.2) is 5.16 Å². The largest absolute Gasteiger partial charge is 0.376 e. The standard InChI is InChI=1S/C24H26ClN3O3S/c1-15(2)26-22(29)17-7-10-20-21(12-17)27-24(32-14-16-5-8-18(25)9-6-16)28(23(20)30)13-19-4-3-11-31-19/h5-10,12,15,19H,3-4,11,13-14H2,1-2H3,(H,26,29)/t19-/m1/s1. The molecular formula is C24H26ClN3O3S. The second kappa shape index (κ2) is 10.1. The van der Waals surface area contributed by atoms with Gasteiger partial charge in [0.05, 0.1) is 23.6 Å². The number of thioether (sulfide) groups is 1. The molecule has 8 heteroatoms. The van der Waals surface area contributed by atoms with Crippen LogP contribution < -0.4 is 10.9 Å². The van der Waals surface area contributed by atoms with Gasteiger partial charge < -0.3 is 10.1 Å². The minimum Gasteiger partial charge on any atom is -0.376 e. The summed E-state index contributed by atoms with van der Waals surface area (Å²) < 4.78 is 7.49. The molecule has 2 aromatic carbocycles. The normalized spacial score (nSPS) is 16.1. The van der Waals surface area contributed by atoms with E-state index in [0.717, 1.165) is 25.0 Å². The SMILES string of the molecule is CC(C)NC(=O)c1ccc2c(=O)n(C[C@H]3CCCO3)c(SCc3ccc(Cl)cc3)nc2c1. The van der Waals surface area contributed by atoms with Crippen LogP contribution in [0.3, 0.4) is 0 Å². The number of amides is 1. The van der Waals surface area contributed by atoms with E-state index in [2.05, 4.69) is 5.32 Å². The number of nitrogens with zero attached hydrogens (tertiary/aromatic N) is 2. The minimum absolute atomic E-state index is 0.0120. The van der Waals surface area contributed by atoms with Crippen LogP contribution in [-0.2, 0) is 17.0 Å². The lowest BCUT2D eigenvalue weighted by Gasteiger charge is -2.17. The molecule has 4 rings (SSSR count). The lowest BCUT2D eigenvalue weighted by molar-refractivity contribution is 0.0937. The van der Waals surface area contributed by atoms with Crippen LogP contribution in [-0.4, -0.2) is 34.2 Å². The van der Waals surface area contributed by atoms with E-state index in [9.17, 15) is 9.59 Å². The van der Waals surface area contributed by atoms with Crippen LogP contribution in [0, 0.1) is 0 Å². The smallest absolute Gasteiger partial charge is 0.262 e. The van der Waals surface area contributed by atoms with E-state index in [1.165, 1.54) is 11.8 Å². The van der Waals surface area contributed by atoms with E-state index in [1.54, 1.807) is 22.8 Å². The molecule has 6 nitrogen and oxygen atoms in total. The van der Waals surface area contributed by atoms with Gasteiger partial charge in [-0.2, -0.15) is 0 Å². The van der Waals surface area contributed by atoms with Gasteiger partial charge in [-0.05, 0) is 62.6 Å². The van der Waals surface area contributed by atoms with Crippen LogP contribution >= 0.6 is 23.4 Å². The molecule has 168 valence electrons. The molecule has 3 aromatic rings. The molecule has 0 spiro atoms. The van der Waals surface area contributed by atoms with Crippen molar-refractivity contribution in [2.45, 2.75) is 56.3 Å². The van der Waals surface area contributed by atoms with Crippen molar-refractivity contribution in [3.05, 3.63) is 69.0 Å². The molecule has 1 N–H and O–H groups in total. The number of carbonyl (C=O) groups excluding carboxylic acids is 1. The summed E-state index contributed by atoms with van der Waals surface area (Å²) in [6.07, 6.45) is 1.94. The fourth-order valence-electron chi connectivity index (χ4n) is 3.68. The Hall–Kier alpha value is -2.35. The number of nitrogens with one attached hydrogen (secondary N) is 1. The number of fused-ring (bicyclic) bond motifs is 1. The minimum atomic E-state index is -0.178. The topological polar surface area (TPSA) is 73.2 Å². The second-order valence-corrected chi connectivity index (χ2v) is 9.60. The van der Waals surface area contributed by atoms with Crippen molar-refractivity contribution in [2.75, 3.05) is 6.61 Å². The Morgan fingerprint density at radius 3 is 2.75 bits per heavy atom. The average molecular weight is 472 g/mol. The number of halogens is 1. The number of hydrogen-bond acceptors (Lipinski definition) is 5. The number of aromatic nitrogens is 2. The van der Waals surface area contributed by atoms with Crippen LogP contribution in [0.2, 0.25) is 5.02 Å². The third-order valence-electron chi connectivity index (χ3n) is 5.29. The Morgan fingerprint density at radius 2 is 2.06 bits per heavy atom. The maximum atomic E-state index is 13.4. The fraction of sp³-hybridized carbons (Fsp3) is 0.375. The fourth-order valence-corrected chi connectivity index (χ4v) is 4.77. The van der Waals surface area contributed by atoms with Gasteiger partial charge in [0.25, 0.3) is 11.5 Å². The van der Waals surface area contributed by atoms with Crippen LogP contribution in [0.1, 0.15) is 42.6 Å². The van der Waals surface area contributed by atoms with Gasteiger partial charge in [0.2, 0.25) is 0 Å². The van der Waals surface area contributed by atoms with Gasteiger partial charge in [0.1, 0.15) is 0 Å². The van der Waals surface area contributed by atoms with E-state index < -0.39 is 0 Å². The molecule has 1 amide bonds. The Morgan fingerprint density at radius 1 is 1.28 bits per heavy atom. The Bertz CT molecular complexity index is 1170. The summed E-state index contributed by atoms with van der Waals surface area (Å²) in [4.78, 5) is 30.6. The van der Waals surface area contributed by atoms with Crippen molar-refractivity contribution in [1.82, 2.24) is 14.9 Å². The van der Waals surface area contributed by atoms with Crippen molar-refractivity contribution < 1.29 is 9.53 Å². The van der Waals surface area contributed by atoms with E-state index >= 15 is 0 Å². The van der Waals surface area contributed by atoms with Crippen molar-refractivity contribution in [1.29, 1.82) is 0 Å². The summed E-state index contributed by atoms with van der Waals surface area (Å²) >= 11 is 7.49. The van der Waals surface area contributed by atoms with E-state index in [0.29, 0.717) is 38.9 Å². The molecule has 1 saturated heterocycles. The summed E-state index contributed by atoms with van der Waals surface area (Å²) in [7, 11) is 0. The molecule has 1 fully saturated rings. The molecule has 0 aliphatic carbocycles. The Labute approximate surface area is 196 Å². The van der Waals surface area contributed by atoms with Gasteiger partial charge in [-0.3, -0.25) is 14.2 Å². The summed E-state index contributed by atoms with van der Waals surface area (Å²) in [5, 5.41) is 4.69. The highest BCUT2D eigenvalue weighted by Crippen LogP contribution is 2.25. The van der Waals surface area contributed by atoms with Gasteiger partial charge in [-0.1, -0.05) is 35.5 Å². The van der Waals surface area contributed by atoms with Crippen molar-refractivity contribution in [3.63, 3.8) is 0 Å². The summed E-state index contributed by atoms with van der Waals surface area (Å²) in [6, 6.07) is 12.7. The van der Waals surface area contributed by atoms with Gasteiger partial charge in [-0.25, -0.2) is 4.98 Å². The van der Waals surface area contributed by atoms with E-state index in [1.807, 2.05) is 38.1 Å². The number of ether oxygens (including phenoxy) is 1. The summed E-state index contributed by atoms with van der Waals surface area (Å²) in [5.41, 5.74) is 1.99. The first kappa shape index (κ1) is 22.8. The highest BCUT2D eigenvalue weighted by atomic mass is 35.5. The molecule has 0 bridgehead atoms. The highest BCUT2D eigenvalue weighted by Gasteiger charge is 2.21. The summed E-state index contributed by atoms with van der Waals surface area (Å²) in [6.45, 7) is 5.02. The highest BCUT2D eigenvalue weighted by molar-refractivity contribution is 7.98. The lowest BCUT2D eigenvalue weighted by atomic mass is 10.1. The van der Waals surface area contributed by atoms with Gasteiger partial charge in [0, 0.05) is 29.0 Å². The molecule has 32 heavy (non-hydrogen) atoms. The zero-order valence-electron chi connectivity index (χ0n) is 18.1. The first-order valence-electron chi connectivity index (χ1n) is 10.7. The average Bonchev–Trinajstić information content (AvgIpc) is 3.28. The third-order valence-corrected chi connectivity index (χ3v) is 6.59. The molecule has 1 aromatic heterocycles. The molecule has 0 unspecified atom stereocenters. The van der Waals surface area contributed by atoms with E-state index in [-0.39, 0.29) is 23.6 Å². The predicted octanol–water partition coefficient (Wildman–Crippen LogP) is 4.66. The first-order valence-corrected chi connectivity index (χ1v) is 12.1. The van der Waals surface area contributed by atoms with Crippen LogP contribution in [0.25, 0.3) is 10.9 Å². The quantitative estimate of drug-likeness (QED) is 0.400. The molecule has 0 saturated carbocycles. The van der Waals surface area contributed by atoms with Gasteiger partial charge >= 0.3 is 0 Å². The Kier molecular flexibility index (Phi) is 7.18. The molecule has 0 radical (unpaired) electrons. The second-order valence-electron chi connectivity index (χ2n) is 8.22. The molecule has 1 aliphatic rings. The predicted molar refractivity (Wildman–Crippen MR) is 129 cm³/mol. The van der Waals surface area contributed by atoms with Crippen molar-refractivity contribution in [2.24, 2.45) is 0 Å². The molecule has 2 heterocycles. The van der Waals surface area contributed by atoms with E-state index in [4.69, 9.17) is 21.3 Å². The number of hydrogen-bond donors (Lipinski definition) is 1. The maximum Gasteiger partial charge on any atom is 0.262 e. The number of carbonyl (C=O) groups is 1. The molecular weight excluding hydrogens is 446 g/mol. The zero-order valence-corrected chi connectivity index (χ0v) is 19.7. The monoisotopic (exact) mass is 471 g/mol. The van der Waals surface area contributed by atoms with Crippen LogP contribution in [0.5, 0.6) is 0 Å².